The average Bonchev–Trinajstić information content (AvgIpc) is 2.91. The summed E-state index contributed by atoms with van der Waals surface area (Å²) in [5, 5.41) is 6.35. The van der Waals surface area contributed by atoms with Gasteiger partial charge in [0.25, 0.3) is 0 Å². The van der Waals surface area contributed by atoms with Gasteiger partial charge in [-0.05, 0) is 57.5 Å². The number of ether oxygens (including phenoxy) is 1. The van der Waals surface area contributed by atoms with Crippen LogP contribution in [0.15, 0.2) is 0 Å². The molecule has 112 valence electrons. The molecule has 0 saturated carbocycles. The minimum absolute atomic E-state index is 0. The lowest BCUT2D eigenvalue weighted by molar-refractivity contribution is -0.121. The molecule has 0 aliphatic carbocycles. The lowest BCUT2D eigenvalue weighted by Gasteiger charge is -2.22. The zero-order valence-corrected chi connectivity index (χ0v) is 12.5. The molecule has 2 aliphatic rings. The van der Waals surface area contributed by atoms with Crippen LogP contribution in [0.3, 0.4) is 0 Å². The van der Waals surface area contributed by atoms with E-state index in [2.05, 4.69) is 10.6 Å². The van der Waals surface area contributed by atoms with Crippen molar-refractivity contribution < 1.29 is 9.53 Å². The maximum absolute atomic E-state index is 11.7. The summed E-state index contributed by atoms with van der Waals surface area (Å²) < 4.78 is 5.64. The number of halogens is 1. The van der Waals surface area contributed by atoms with Crippen molar-refractivity contribution in [2.24, 2.45) is 5.92 Å². The molecule has 2 unspecified atom stereocenters. The Bertz CT molecular complexity index is 252. The maximum atomic E-state index is 11.7. The molecule has 0 aromatic carbocycles. The number of carbonyl (C=O) groups excluding carboxylic acids is 1. The molecule has 5 heteroatoms. The second-order valence-electron chi connectivity index (χ2n) is 5.52. The van der Waals surface area contributed by atoms with Gasteiger partial charge in [0.05, 0.1) is 6.10 Å². The smallest absolute Gasteiger partial charge is 0.220 e. The van der Waals surface area contributed by atoms with Gasteiger partial charge < -0.3 is 15.4 Å². The summed E-state index contributed by atoms with van der Waals surface area (Å²) in [6.45, 7) is 3.87. The molecule has 0 spiro atoms. The third-order valence-electron chi connectivity index (χ3n) is 4.00. The highest BCUT2D eigenvalue weighted by Crippen LogP contribution is 2.15. The molecule has 0 aromatic rings. The van der Waals surface area contributed by atoms with E-state index < -0.39 is 0 Å². The van der Waals surface area contributed by atoms with Crippen molar-refractivity contribution in [1.82, 2.24) is 10.6 Å². The van der Waals surface area contributed by atoms with Crippen LogP contribution in [0, 0.1) is 5.92 Å². The molecule has 2 atom stereocenters. The van der Waals surface area contributed by atoms with E-state index in [0.717, 1.165) is 45.5 Å². The molecule has 2 rings (SSSR count). The first-order valence-corrected chi connectivity index (χ1v) is 7.43. The van der Waals surface area contributed by atoms with Crippen molar-refractivity contribution in [3.05, 3.63) is 0 Å². The van der Waals surface area contributed by atoms with Crippen molar-refractivity contribution >= 4 is 18.3 Å². The van der Waals surface area contributed by atoms with Gasteiger partial charge in [0.1, 0.15) is 0 Å². The van der Waals surface area contributed by atoms with Gasteiger partial charge in [-0.3, -0.25) is 4.79 Å². The average molecular weight is 291 g/mol. The normalized spacial score (nSPS) is 26.7. The lowest BCUT2D eigenvalue weighted by Crippen LogP contribution is -2.29. The van der Waals surface area contributed by atoms with Crippen molar-refractivity contribution in [2.75, 3.05) is 26.2 Å². The molecule has 1 amide bonds. The Morgan fingerprint density at radius 3 is 2.84 bits per heavy atom. The first-order chi connectivity index (χ1) is 8.84. The largest absolute Gasteiger partial charge is 0.378 e. The molecular formula is C14H27ClN2O2. The van der Waals surface area contributed by atoms with Crippen LogP contribution in [-0.4, -0.2) is 38.3 Å². The van der Waals surface area contributed by atoms with Gasteiger partial charge in [-0.2, -0.15) is 0 Å². The van der Waals surface area contributed by atoms with Gasteiger partial charge >= 0.3 is 0 Å². The molecule has 4 nitrogen and oxygen atoms in total. The van der Waals surface area contributed by atoms with E-state index in [1.807, 2.05) is 0 Å². The number of rotatable bonds is 6. The number of nitrogens with one attached hydrogen (secondary N) is 2. The number of amides is 1. The Morgan fingerprint density at radius 2 is 2.16 bits per heavy atom. The highest BCUT2D eigenvalue weighted by atomic mass is 35.5. The van der Waals surface area contributed by atoms with Crippen LogP contribution in [0.1, 0.15) is 44.9 Å². The molecule has 0 radical (unpaired) electrons. The predicted octanol–water partition coefficient (Wildman–Crippen LogP) is 1.87. The van der Waals surface area contributed by atoms with Crippen molar-refractivity contribution in [1.29, 1.82) is 0 Å². The molecule has 0 aromatic heterocycles. The Kier molecular flexibility index (Phi) is 8.42. The van der Waals surface area contributed by atoms with Gasteiger partial charge in [-0.25, -0.2) is 0 Å². The van der Waals surface area contributed by atoms with E-state index in [1.165, 1.54) is 19.3 Å². The molecule has 2 N–H and O–H groups in total. The number of hydrogen-bond donors (Lipinski definition) is 2. The second kappa shape index (κ2) is 9.56. The fourth-order valence-electron chi connectivity index (χ4n) is 2.79. The lowest BCUT2D eigenvalue weighted by atomic mass is 10.0. The Balaban J connectivity index is 0.00000180. The molecular weight excluding hydrogens is 264 g/mol. The zero-order valence-electron chi connectivity index (χ0n) is 11.7. The van der Waals surface area contributed by atoms with E-state index in [9.17, 15) is 4.79 Å². The fourth-order valence-corrected chi connectivity index (χ4v) is 2.79. The van der Waals surface area contributed by atoms with E-state index in [-0.39, 0.29) is 18.3 Å². The van der Waals surface area contributed by atoms with Crippen LogP contribution in [0.2, 0.25) is 0 Å². The summed E-state index contributed by atoms with van der Waals surface area (Å²) in [6, 6.07) is 0. The summed E-state index contributed by atoms with van der Waals surface area (Å²) in [5.74, 6) is 0.912. The topological polar surface area (TPSA) is 50.4 Å². The summed E-state index contributed by atoms with van der Waals surface area (Å²) in [6.07, 6.45) is 7.89. The molecule has 0 bridgehead atoms. The minimum atomic E-state index is 0. The zero-order chi connectivity index (χ0) is 12.6. The van der Waals surface area contributed by atoms with Gasteiger partial charge in [0.15, 0.2) is 0 Å². The van der Waals surface area contributed by atoms with Crippen LogP contribution < -0.4 is 10.6 Å². The highest BCUT2D eigenvalue weighted by molar-refractivity contribution is 5.85. The summed E-state index contributed by atoms with van der Waals surface area (Å²) in [7, 11) is 0. The van der Waals surface area contributed by atoms with E-state index in [4.69, 9.17) is 4.74 Å². The predicted molar refractivity (Wildman–Crippen MR) is 78.7 cm³/mol. The number of carbonyl (C=O) groups is 1. The monoisotopic (exact) mass is 290 g/mol. The van der Waals surface area contributed by atoms with Crippen molar-refractivity contribution in [2.45, 2.75) is 51.0 Å². The quantitative estimate of drug-likeness (QED) is 0.785. The van der Waals surface area contributed by atoms with Crippen molar-refractivity contribution in [3.8, 4) is 0 Å². The summed E-state index contributed by atoms with van der Waals surface area (Å²) >= 11 is 0. The van der Waals surface area contributed by atoms with Crippen LogP contribution in [-0.2, 0) is 9.53 Å². The molecule has 2 fully saturated rings. The van der Waals surface area contributed by atoms with E-state index in [1.54, 1.807) is 0 Å². The Morgan fingerprint density at radius 1 is 1.26 bits per heavy atom. The summed E-state index contributed by atoms with van der Waals surface area (Å²) in [4.78, 5) is 11.7. The van der Waals surface area contributed by atoms with E-state index >= 15 is 0 Å². The Hall–Kier alpha value is -0.320. The highest BCUT2D eigenvalue weighted by Gasteiger charge is 2.16. The van der Waals surface area contributed by atoms with Gasteiger partial charge in [0, 0.05) is 19.6 Å². The van der Waals surface area contributed by atoms with Crippen LogP contribution in [0.25, 0.3) is 0 Å². The first kappa shape index (κ1) is 16.7. The van der Waals surface area contributed by atoms with Gasteiger partial charge in [0.2, 0.25) is 5.91 Å². The molecule has 2 saturated heterocycles. The number of hydrogen-bond acceptors (Lipinski definition) is 3. The third-order valence-corrected chi connectivity index (χ3v) is 4.00. The fraction of sp³-hybridized carbons (Fsp3) is 0.929. The SMILES string of the molecule is Cl.O=C(CCC1CCNC1)NCCC1CCCCO1. The Labute approximate surface area is 122 Å². The summed E-state index contributed by atoms with van der Waals surface area (Å²) in [5.41, 5.74) is 0. The van der Waals surface area contributed by atoms with Crippen molar-refractivity contribution in [3.63, 3.8) is 0 Å². The van der Waals surface area contributed by atoms with E-state index in [0.29, 0.717) is 18.4 Å². The molecule has 2 heterocycles. The van der Waals surface area contributed by atoms with Gasteiger partial charge in [-0.15, -0.1) is 12.4 Å². The van der Waals surface area contributed by atoms with Crippen LogP contribution in [0.5, 0.6) is 0 Å². The first-order valence-electron chi connectivity index (χ1n) is 7.43. The maximum Gasteiger partial charge on any atom is 0.220 e. The molecule has 2 aliphatic heterocycles. The van der Waals surface area contributed by atoms with Crippen LogP contribution in [0.4, 0.5) is 0 Å². The standard InChI is InChI=1S/C14H26N2O2.ClH/c17-14(5-4-12-6-8-15-11-12)16-9-7-13-3-1-2-10-18-13;/h12-13,15H,1-11H2,(H,16,17);1H. The second-order valence-corrected chi connectivity index (χ2v) is 5.52. The van der Waals surface area contributed by atoms with Gasteiger partial charge in [-0.1, -0.05) is 0 Å². The molecule has 19 heavy (non-hydrogen) atoms. The minimum Gasteiger partial charge on any atom is -0.378 e. The van der Waals surface area contributed by atoms with Crippen LogP contribution >= 0.6 is 12.4 Å². The third kappa shape index (κ3) is 6.59.